The summed E-state index contributed by atoms with van der Waals surface area (Å²) >= 11 is 0. The van der Waals surface area contributed by atoms with Gasteiger partial charge in [0.2, 0.25) is 5.88 Å². The molecule has 0 aliphatic rings. The average Bonchev–Trinajstić information content (AvgIpc) is 2.47. The molecule has 0 aliphatic carbocycles. The van der Waals surface area contributed by atoms with E-state index in [1.54, 1.807) is 38.6 Å². The van der Waals surface area contributed by atoms with E-state index in [2.05, 4.69) is 10.3 Å². The third-order valence-electron chi connectivity index (χ3n) is 2.73. The number of nitrogens with one attached hydrogen (secondary N) is 1. The van der Waals surface area contributed by atoms with Gasteiger partial charge in [0.1, 0.15) is 17.2 Å². The van der Waals surface area contributed by atoms with Gasteiger partial charge < -0.3 is 19.5 Å². The maximum absolute atomic E-state index is 5.75. The second-order valence-corrected chi connectivity index (χ2v) is 4.18. The minimum Gasteiger partial charge on any atom is -0.496 e. The highest BCUT2D eigenvalue weighted by atomic mass is 16.5. The van der Waals surface area contributed by atoms with Crippen LogP contribution in [0.3, 0.4) is 0 Å². The molecular formula is C15H18N2O3. The van der Waals surface area contributed by atoms with Crippen LogP contribution in [-0.2, 0) is 6.54 Å². The van der Waals surface area contributed by atoms with Crippen molar-refractivity contribution in [3.63, 3.8) is 0 Å². The van der Waals surface area contributed by atoms with Crippen LogP contribution in [0, 0.1) is 0 Å². The van der Waals surface area contributed by atoms with Crippen LogP contribution in [0.5, 0.6) is 23.1 Å². The summed E-state index contributed by atoms with van der Waals surface area (Å²) in [6.07, 6.45) is 1.72. The lowest BCUT2D eigenvalue weighted by atomic mass is 10.2. The van der Waals surface area contributed by atoms with Crippen molar-refractivity contribution in [3.05, 3.63) is 42.1 Å². The number of methoxy groups -OCH3 is 2. The van der Waals surface area contributed by atoms with E-state index in [9.17, 15) is 0 Å². The van der Waals surface area contributed by atoms with Crippen LogP contribution < -0.4 is 19.5 Å². The van der Waals surface area contributed by atoms with Gasteiger partial charge in [-0.3, -0.25) is 0 Å². The largest absolute Gasteiger partial charge is 0.496 e. The Morgan fingerprint density at radius 3 is 2.25 bits per heavy atom. The zero-order valence-corrected chi connectivity index (χ0v) is 11.8. The second kappa shape index (κ2) is 6.77. The van der Waals surface area contributed by atoms with Crippen molar-refractivity contribution < 1.29 is 14.2 Å². The normalized spacial score (nSPS) is 10.2. The minimum absolute atomic E-state index is 0.535. The van der Waals surface area contributed by atoms with Crippen molar-refractivity contribution in [1.82, 2.24) is 10.3 Å². The van der Waals surface area contributed by atoms with Crippen molar-refractivity contribution in [1.29, 1.82) is 0 Å². The van der Waals surface area contributed by atoms with Crippen LogP contribution in [0.1, 0.15) is 5.56 Å². The number of hydrogen-bond acceptors (Lipinski definition) is 5. The van der Waals surface area contributed by atoms with E-state index in [0.717, 1.165) is 12.1 Å². The fourth-order valence-electron chi connectivity index (χ4n) is 1.78. The Bertz CT molecular complexity index is 551. The summed E-state index contributed by atoms with van der Waals surface area (Å²) in [4.78, 5) is 4.20. The molecule has 1 N–H and O–H groups in total. The maximum Gasteiger partial charge on any atom is 0.219 e. The van der Waals surface area contributed by atoms with Crippen LogP contribution in [0.25, 0.3) is 0 Å². The van der Waals surface area contributed by atoms with Crippen molar-refractivity contribution in [2.75, 3.05) is 21.3 Å². The molecule has 0 radical (unpaired) electrons. The molecule has 5 nitrogen and oxygen atoms in total. The highest BCUT2D eigenvalue weighted by molar-refractivity contribution is 5.43. The highest BCUT2D eigenvalue weighted by Gasteiger charge is 2.05. The molecule has 2 aromatic rings. The van der Waals surface area contributed by atoms with Crippen LogP contribution in [0.2, 0.25) is 0 Å². The first-order valence-corrected chi connectivity index (χ1v) is 6.25. The molecule has 0 atom stereocenters. The Balaban J connectivity index is 2.22. The van der Waals surface area contributed by atoms with Crippen LogP contribution >= 0.6 is 0 Å². The van der Waals surface area contributed by atoms with Gasteiger partial charge in [0.25, 0.3) is 0 Å². The molecule has 1 heterocycles. The lowest BCUT2D eigenvalue weighted by molar-refractivity contribution is 0.385. The quantitative estimate of drug-likeness (QED) is 0.877. The minimum atomic E-state index is 0.535. The molecule has 1 aromatic carbocycles. The van der Waals surface area contributed by atoms with Crippen molar-refractivity contribution >= 4 is 0 Å². The molecule has 1 aromatic heterocycles. The summed E-state index contributed by atoms with van der Waals surface area (Å²) < 4.78 is 16.2. The van der Waals surface area contributed by atoms with E-state index in [0.29, 0.717) is 23.1 Å². The number of aromatic nitrogens is 1. The summed E-state index contributed by atoms with van der Waals surface area (Å²) in [6, 6.07) is 9.19. The van der Waals surface area contributed by atoms with Gasteiger partial charge in [-0.25, -0.2) is 4.98 Å². The van der Waals surface area contributed by atoms with Crippen LogP contribution in [0.4, 0.5) is 0 Å². The first kappa shape index (κ1) is 14.1. The Labute approximate surface area is 118 Å². The fraction of sp³-hybridized carbons (Fsp3) is 0.267. The molecule has 2 rings (SSSR count). The van der Waals surface area contributed by atoms with Gasteiger partial charge in [0, 0.05) is 37.0 Å². The number of pyridine rings is 1. The Kier molecular flexibility index (Phi) is 4.79. The van der Waals surface area contributed by atoms with E-state index >= 15 is 0 Å². The molecular weight excluding hydrogens is 256 g/mol. The van der Waals surface area contributed by atoms with Gasteiger partial charge in [0.15, 0.2) is 0 Å². The first-order valence-electron chi connectivity index (χ1n) is 6.25. The highest BCUT2D eigenvalue weighted by Crippen LogP contribution is 2.30. The molecule has 20 heavy (non-hydrogen) atoms. The number of nitrogens with zero attached hydrogens (tertiary/aromatic N) is 1. The summed E-state index contributed by atoms with van der Waals surface area (Å²) in [7, 11) is 5.10. The Morgan fingerprint density at radius 2 is 1.65 bits per heavy atom. The standard InChI is InChI=1S/C15H18N2O3/c1-16-10-11-4-5-17-15(6-11)20-14-8-12(18-2)7-13(9-14)19-3/h4-9,16H,10H2,1-3H3. The smallest absolute Gasteiger partial charge is 0.219 e. The van der Waals surface area contributed by atoms with Crippen molar-refractivity contribution in [3.8, 4) is 23.1 Å². The van der Waals surface area contributed by atoms with Crippen molar-refractivity contribution in [2.45, 2.75) is 6.54 Å². The van der Waals surface area contributed by atoms with E-state index in [1.807, 2.05) is 19.2 Å². The first-order chi connectivity index (χ1) is 9.75. The SMILES string of the molecule is CNCc1ccnc(Oc2cc(OC)cc(OC)c2)c1. The van der Waals surface area contributed by atoms with E-state index < -0.39 is 0 Å². The maximum atomic E-state index is 5.75. The Morgan fingerprint density at radius 1 is 1.00 bits per heavy atom. The molecule has 0 spiro atoms. The molecule has 5 heteroatoms. The van der Waals surface area contributed by atoms with Gasteiger partial charge >= 0.3 is 0 Å². The zero-order valence-electron chi connectivity index (χ0n) is 11.8. The lowest BCUT2D eigenvalue weighted by Crippen LogP contribution is -2.05. The average molecular weight is 274 g/mol. The van der Waals surface area contributed by atoms with Gasteiger partial charge in [-0.05, 0) is 18.7 Å². The molecule has 106 valence electrons. The van der Waals surface area contributed by atoms with Gasteiger partial charge in [0.05, 0.1) is 14.2 Å². The number of benzene rings is 1. The summed E-state index contributed by atoms with van der Waals surface area (Å²) in [5, 5.41) is 3.09. The van der Waals surface area contributed by atoms with Crippen LogP contribution in [-0.4, -0.2) is 26.3 Å². The molecule has 0 unspecified atom stereocenters. The summed E-state index contributed by atoms with van der Waals surface area (Å²) in [6.45, 7) is 0.764. The molecule has 0 saturated heterocycles. The third kappa shape index (κ3) is 3.61. The van der Waals surface area contributed by atoms with E-state index in [4.69, 9.17) is 14.2 Å². The van der Waals surface area contributed by atoms with Gasteiger partial charge in [-0.1, -0.05) is 0 Å². The van der Waals surface area contributed by atoms with E-state index in [-0.39, 0.29) is 0 Å². The zero-order chi connectivity index (χ0) is 14.4. The van der Waals surface area contributed by atoms with Crippen LogP contribution in [0.15, 0.2) is 36.5 Å². The molecule has 0 fully saturated rings. The predicted molar refractivity (Wildman–Crippen MR) is 76.6 cm³/mol. The van der Waals surface area contributed by atoms with Crippen molar-refractivity contribution in [2.24, 2.45) is 0 Å². The number of rotatable bonds is 6. The summed E-state index contributed by atoms with van der Waals surface area (Å²) in [5.41, 5.74) is 1.10. The summed E-state index contributed by atoms with van der Waals surface area (Å²) in [5.74, 6) is 2.50. The molecule has 0 amide bonds. The van der Waals surface area contributed by atoms with Gasteiger partial charge in [-0.2, -0.15) is 0 Å². The molecule has 0 aliphatic heterocycles. The third-order valence-corrected chi connectivity index (χ3v) is 2.73. The number of ether oxygens (including phenoxy) is 3. The van der Waals surface area contributed by atoms with E-state index in [1.165, 1.54) is 0 Å². The monoisotopic (exact) mass is 274 g/mol. The molecule has 0 saturated carbocycles. The number of hydrogen-bond donors (Lipinski definition) is 1. The predicted octanol–water partition coefficient (Wildman–Crippen LogP) is 2.61. The second-order valence-electron chi connectivity index (χ2n) is 4.18. The fourth-order valence-corrected chi connectivity index (χ4v) is 1.78. The molecule has 0 bridgehead atoms. The topological polar surface area (TPSA) is 52.6 Å². The Hall–Kier alpha value is -2.27. The lowest BCUT2D eigenvalue weighted by Gasteiger charge is -2.10. The van der Waals surface area contributed by atoms with Gasteiger partial charge in [-0.15, -0.1) is 0 Å².